The van der Waals surface area contributed by atoms with Gasteiger partial charge in [-0.1, -0.05) is 18.2 Å². The van der Waals surface area contributed by atoms with Crippen LogP contribution in [0.3, 0.4) is 0 Å². The van der Waals surface area contributed by atoms with Crippen LogP contribution in [0.1, 0.15) is 30.5 Å². The number of aliphatic hydroxyl groups is 1. The van der Waals surface area contributed by atoms with Crippen molar-refractivity contribution in [1.29, 1.82) is 0 Å². The number of likely N-dealkylation sites (tertiary alicyclic amines) is 1. The van der Waals surface area contributed by atoms with E-state index in [1.807, 2.05) is 19.1 Å². The summed E-state index contributed by atoms with van der Waals surface area (Å²) in [7, 11) is 3.11. The molecule has 1 amide bonds. The number of para-hydroxylation sites is 1. The number of methoxy groups -OCH3 is 2. The molecule has 1 saturated heterocycles. The maximum atomic E-state index is 13.0. The van der Waals surface area contributed by atoms with E-state index < -0.39 is 17.7 Å². The van der Waals surface area contributed by atoms with Crippen LogP contribution in [0.5, 0.6) is 11.5 Å². The van der Waals surface area contributed by atoms with Gasteiger partial charge < -0.3 is 24.2 Å². The molecule has 31 heavy (non-hydrogen) atoms. The summed E-state index contributed by atoms with van der Waals surface area (Å²) in [5, 5.41) is 11.1. The van der Waals surface area contributed by atoms with Gasteiger partial charge in [0.05, 0.1) is 25.3 Å². The number of amides is 1. The van der Waals surface area contributed by atoms with Crippen LogP contribution in [0.2, 0.25) is 0 Å². The molecule has 0 saturated carbocycles. The quantitative estimate of drug-likeness (QED) is 0.286. The number of nitrogens with zero attached hydrogens (tertiary/aromatic N) is 1. The van der Waals surface area contributed by atoms with E-state index >= 15 is 0 Å². The van der Waals surface area contributed by atoms with E-state index in [0.29, 0.717) is 48.8 Å². The van der Waals surface area contributed by atoms with Gasteiger partial charge in [-0.2, -0.15) is 0 Å². The number of ether oxygens (including phenoxy) is 3. The first-order chi connectivity index (χ1) is 15.0. The van der Waals surface area contributed by atoms with E-state index in [0.717, 1.165) is 0 Å². The van der Waals surface area contributed by atoms with Crippen molar-refractivity contribution in [3.63, 3.8) is 0 Å². The monoisotopic (exact) mass is 425 g/mol. The highest BCUT2D eigenvalue weighted by Gasteiger charge is 2.46. The SMILES string of the molecule is CCOc1ccc(C(O)=C2C(=O)C(=O)N(CCCOC)[C@@H]2c2ccccc2OC)cc1. The number of benzene rings is 2. The molecule has 1 heterocycles. The van der Waals surface area contributed by atoms with Crippen LogP contribution in [-0.2, 0) is 14.3 Å². The molecule has 1 N–H and O–H groups in total. The third kappa shape index (κ3) is 4.56. The second-order valence-electron chi connectivity index (χ2n) is 7.04. The summed E-state index contributed by atoms with van der Waals surface area (Å²) in [6.45, 7) is 3.15. The minimum absolute atomic E-state index is 0.0380. The van der Waals surface area contributed by atoms with Crippen molar-refractivity contribution in [3.8, 4) is 11.5 Å². The summed E-state index contributed by atoms with van der Waals surface area (Å²) in [5.41, 5.74) is 1.10. The van der Waals surface area contributed by atoms with Gasteiger partial charge in [0.15, 0.2) is 0 Å². The molecular formula is C24H27NO6. The molecule has 0 spiro atoms. The molecule has 1 fully saturated rings. The van der Waals surface area contributed by atoms with Gasteiger partial charge in [0.25, 0.3) is 11.7 Å². The number of carbonyl (C=O) groups excluding carboxylic acids is 2. The summed E-state index contributed by atoms with van der Waals surface area (Å²) in [6, 6.07) is 13.2. The Hall–Kier alpha value is -3.32. The minimum atomic E-state index is -0.764. The highest BCUT2D eigenvalue weighted by Crippen LogP contribution is 2.42. The lowest BCUT2D eigenvalue weighted by Gasteiger charge is -2.26. The fraction of sp³-hybridized carbons (Fsp3) is 0.333. The second kappa shape index (κ2) is 10.1. The molecule has 164 valence electrons. The normalized spacial score (nSPS) is 17.8. The van der Waals surface area contributed by atoms with E-state index in [-0.39, 0.29) is 11.3 Å². The van der Waals surface area contributed by atoms with Crippen molar-refractivity contribution in [2.75, 3.05) is 34.0 Å². The largest absolute Gasteiger partial charge is 0.507 e. The highest BCUT2D eigenvalue weighted by molar-refractivity contribution is 6.46. The lowest BCUT2D eigenvalue weighted by atomic mass is 9.94. The number of Topliss-reactive ketones (excluding diaryl/α,β-unsaturated/α-hetero) is 1. The first-order valence-electron chi connectivity index (χ1n) is 10.2. The van der Waals surface area contributed by atoms with E-state index in [4.69, 9.17) is 14.2 Å². The van der Waals surface area contributed by atoms with Gasteiger partial charge in [0.2, 0.25) is 0 Å². The van der Waals surface area contributed by atoms with Gasteiger partial charge in [-0.3, -0.25) is 9.59 Å². The Kier molecular flexibility index (Phi) is 7.31. The highest BCUT2D eigenvalue weighted by atomic mass is 16.5. The predicted octanol–water partition coefficient (Wildman–Crippen LogP) is 3.55. The number of aliphatic hydroxyl groups excluding tert-OH is 1. The van der Waals surface area contributed by atoms with Gasteiger partial charge in [0, 0.05) is 31.4 Å². The molecule has 0 unspecified atom stereocenters. The molecule has 1 atom stereocenters. The van der Waals surface area contributed by atoms with Gasteiger partial charge in [0.1, 0.15) is 17.3 Å². The Labute approximate surface area is 181 Å². The van der Waals surface area contributed by atoms with Crippen molar-refractivity contribution in [2.24, 2.45) is 0 Å². The Balaban J connectivity index is 2.11. The Bertz CT molecular complexity index is 966. The average Bonchev–Trinajstić information content (AvgIpc) is 3.04. The van der Waals surface area contributed by atoms with Crippen LogP contribution in [-0.4, -0.2) is 55.7 Å². The first-order valence-corrected chi connectivity index (χ1v) is 10.2. The summed E-state index contributed by atoms with van der Waals surface area (Å²) >= 11 is 0. The Morgan fingerprint density at radius 2 is 1.77 bits per heavy atom. The second-order valence-corrected chi connectivity index (χ2v) is 7.04. The maximum Gasteiger partial charge on any atom is 0.295 e. The van der Waals surface area contributed by atoms with Gasteiger partial charge in [-0.25, -0.2) is 0 Å². The maximum absolute atomic E-state index is 13.0. The molecule has 0 radical (unpaired) electrons. The van der Waals surface area contributed by atoms with Crippen molar-refractivity contribution in [2.45, 2.75) is 19.4 Å². The van der Waals surface area contributed by atoms with E-state index in [2.05, 4.69) is 0 Å². The van der Waals surface area contributed by atoms with Crippen LogP contribution in [0.15, 0.2) is 54.1 Å². The third-order valence-electron chi connectivity index (χ3n) is 5.16. The molecule has 1 aliphatic rings. The standard InChI is InChI=1S/C24H27NO6/c1-4-31-17-12-10-16(11-13-17)22(26)20-21(18-8-5-6-9-19(18)30-3)25(14-7-15-29-2)24(28)23(20)27/h5-6,8-13,21,26H,4,7,14-15H2,1-3H3/t21-/m1/s1. The summed E-state index contributed by atoms with van der Waals surface area (Å²) in [6.07, 6.45) is 0.554. The molecule has 7 heteroatoms. The van der Waals surface area contributed by atoms with Gasteiger partial charge in [-0.15, -0.1) is 0 Å². The van der Waals surface area contributed by atoms with Gasteiger partial charge in [-0.05, 0) is 43.7 Å². The minimum Gasteiger partial charge on any atom is -0.507 e. The molecule has 2 aromatic carbocycles. The molecule has 3 rings (SSSR count). The number of carbonyl (C=O) groups is 2. The average molecular weight is 425 g/mol. The molecule has 0 aliphatic carbocycles. The van der Waals surface area contributed by atoms with Gasteiger partial charge >= 0.3 is 0 Å². The van der Waals surface area contributed by atoms with Crippen molar-refractivity contribution in [3.05, 3.63) is 65.2 Å². The summed E-state index contributed by atoms with van der Waals surface area (Å²) in [4.78, 5) is 27.4. The zero-order valence-electron chi connectivity index (χ0n) is 18.0. The third-order valence-corrected chi connectivity index (χ3v) is 5.16. The molecule has 0 bridgehead atoms. The molecule has 1 aliphatic heterocycles. The number of rotatable bonds is 9. The molecular weight excluding hydrogens is 398 g/mol. The predicted molar refractivity (Wildman–Crippen MR) is 116 cm³/mol. The molecule has 2 aromatic rings. The van der Waals surface area contributed by atoms with Crippen LogP contribution in [0.4, 0.5) is 0 Å². The topological polar surface area (TPSA) is 85.3 Å². The van der Waals surface area contributed by atoms with Crippen LogP contribution in [0.25, 0.3) is 5.76 Å². The fourth-order valence-corrected chi connectivity index (χ4v) is 3.74. The Morgan fingerprint density at radius 3 is 2.42 bits per heavy atom. The first kappa shape index (κ1) is 22.4. The number of ketones is 1. The van der Waals surface area contributed by atoms with Crippen LogP contribution >= 0.6 is 0 Å². The van der Waals surface area contributed by atoms with E-state index in [1.54, 1.807) is 43.5 Å². The van der Waals surface area contributed by atoms with Crippen LogP contribution < -0.4 is 9.47 Å². The zero-order valence-corrected chi connectivity index (χ0v) is 18.0. The van der Waals surface area contributed by atoms with Crippen LogP contribution in [0, 0.1) is 0 Å². The number of hydrogen-bond acceptors (Lipinski definition) is 6. The lowest BCUT2D eigenvalue weighted by Crippen LogP contribution is -2.31. The Morgan fingerprint density at radius 1 is 1.06 bits per heavy atom. The lowest BCUT2D eigenvalue weighted by molar-refractivity contribution is -0.140. The van der Waals surface area contributed by atoms with Crippen molar-refractivity contribution >= 4 is 17.4 Å². The van der Waals surface area contributed by atoms with Crippen molar-refractivity contribution in [1.82, 2.24) is 4.90 Å². The van der Waals surface area contributed by atoms with E-state index in [1.165, 1.54) is 12.0 Å². The molecule has 0 aromatic heterocycles. The van der Waals surface area contributed by atoms with E-state index in [9.17, 15) is 14.7 Å². The smallest absolute Gasteiger partial charge is 0.295 e. The summed E-state index contributed by atoms with van der Waals surface area (Å²) < 4.78 is 16.0. The van der Waals surface area contributed by atoms with Crippen molar-refractivity contribution < 1.29 is 28.9 Å². The summed E-state index contributed by atoms with van der Waals surface area (Å²) in [5.74, 6) is -0.421. The zero-order chi connectivity index (χ0) is 22.4. The number of hydrogen-bond donors (Lipinski definition) is 1. The fourth-order valence-electron chi connectivity index (χ4n) is 3.74. The molecule has 7 nitrogen and oxygen atoms in total.